The summed E-state index contributed by atoms with van der Waals surface area (Å²) in [6.07, 6.45) is 0.191. The van der Waals surface area contributed by atoms with Crippen LogP contribution in [0.3, 0.4) is 0 Å². The Morgan fingerprint density at radius 1 is 1.47 bits per heavy atom. The van der Waals surface area contributed by atoms with E-state index in [2.05, 4.69) is 5.32 Å². The zero-order valence-electron chi connectivity index (χ0n) is 10.9. The lowest BCUT2D eigenvalue weighted by Crippen LogP contribution is -2.32. The maximum Gasteiger partial charge on any atom is 0.254 e. The largest absolute Gasteiger partial charge is 0.466 e. The van der Waals surface area contributed by atoms with Crippen LogP contribution in [0.25, 0.3) is 0 Å². The van der Waals surface area contributed by atoms with Crippen LogP contribution in [-0.4, -0.2) is 23.7 Å². The first kappa shape index (κ1) is 13.8. The number of aryl methyl sites for hydroxylation is 2. The number of aliphatic hydroxyl groups excluding tert-OH is 1. The van der Waals surface area contributed by atoms with E-state index in [0.717, 1.165) is 5.76 Å². The highest BCUT2D eigenvalue weighted by Crippen LogP contribution is 2.13. The van der Waals surface area contributed by atoms with E-state index in [9.17, 15) is 9.90 Å². The van der Waals surface area contributed by atoms with Gasteiger partial charge in [0.15, 0.2) is 0 Å². The third kappa shape index (κ3) is 4.23. The van der Waals surface area contributed by atoms with Gasteiger partial charge >= 0.3 is 0 Å². The summed E-state index contributed by atoms with van der Waals surface area (Å²) in [6.45, 7) is 7.91. The number of hydrogen-bond donors (Lipinski definition) is 2. The third-order valence-corrected chi connectivity index (χ3v) is 2.53. The highest BCUT2D eigenvalue weighted by atomic mass is 16.3. The number of hydrogen-bond acceptors (Lipinski definition) is 3. The summed E-state index contributed by atoms with van der Waals surface area (Å²) in [5.41, 5.74) is 0.541. The maximum atomic E-state index is 11.8. The molecule has 0 aromatic carbocycles. The number of carbonyl (C=O) groups excluding carboxylic acids is 1. The van der Waals surface area contributed by atoms with Crippen molar-refractivity contribution in [3.63, 3.8) is 0 Å². The highest BCUT2D eigenvalue weighted by molar-refractivity contribution is 5.95. The molecule has 1 aromatic heterocycles. The molecular weight excluding hydrogens is 218 g/mol. The summed E-state index contributed by atoms with van der Waals surface area (Å²) < 4.78 is 5.28. The summed E-state index contributed by atoms with van der Waals surface area (Å²) in [5.74, 6) is 1.55. The molecule has 1 unspecified atom stereocenters. The van der Waals surface area contributed by atoms with E-state index >= 15 is 0 Å². The monoisotopic (exact) mass is 239 g/mol. The molecule has 1 amide bonds. The molecule has 1 aromatic rings. The zero-order chi connectivity index (χ0) is 13.0. The first-order valence-corrected chi connectivity index (χ1v) is 5.93. The smallest absolute Gasteiger partial charge is 0.254 e. The standard InChI is InChI=1S/C13H21NO3/c1-8(2)5-11(15)7-14-13(16)12-6-9(3)17-10(12)4/h6,8,11,15H,5,7H2,1-4H3,(H,14,16). The lowest BCUT2D eigenvalue weighted by atomic mass is 10.1. The Hall–Kier alpha value is -1.29. The van der Waals surface area contributed by atoms with Crippen molar-refractivity contribution in [2.75, 3.05) is 6.54 Å². The van der Waals surface area contributed by atoms with E-state index < -0.39 is 6.10 Å². The van der Waals surface area contributed by atoms with Gasteiger partial charge in [0, 0.05) is 6.54 Å². The molecule has 1 atom stereocenters. The fourth-order valence-corrected chi connectivity index (χ4v) is 1.79. The van der Waals surface area contributed by atoms with Crippen molar-refractivity contribution >= 4 is 5.91 Å². The van der Waals surface area contributed by atoms with E-state index in [4.69, 9.17) is 4.42 Å². The fourth-order valence-electron chi connectivity index (χ4n) is 1.79. The number of furan rings is 1. The quantitative estimate of drug-likeness (QED) is 0.826. The minimum atomic E-state index is -0.493. The van der Waals surface area contributed by atoms with Crippen LogP contribution in [0, 0.1) is 19.8 Å². The van der Waals surface area contributed by atoms with Crippen LogP contribution in [0.4, 0.5) is 0 Å². The summed E-state index contributed by atoms with van der Waals surface area (Å²) in [4.78, 5) is 11.8. The first-order valence-electron chi connectivity index (χ1n) is 5.93. The molecule has 0 radical (unpaired) electrons. The van der Waals surface area contributed by atoms with Gasteiger partial charge < -0.3 is 14.8 Å². The number of carbonyl (C=O) groups is 1. The second kappa shape index (κ2) is 5.87. The van der Waals surface area contributed by atoms with Gasteiger partial charge in [0.2, 0.25) is 0 Å². The normalized spacial score (nSPS) is 12.8. The minimum Gasteiger partial charge on any atom is -0.466 e. The van der Waals surface area contributed by atoms with Gasteiger partial charge in [-0.25, -0.2) is 0 Å². The molecule has 0 spiro atoms. The zero-order valence-corrected chi connectivity index (χ0v) is 10.9. The molecular formula is C13H21NO3. The van der Waals surface area contributed by atoms with Crippen LogP contribution < -0.4 is 5.32 Å². The molecule has 4 heteroatoms. The molecule has 0 bridgehead atoms. The summed E-state index contributed by atoms with van der Waals surface area (Å²) >= 11 is 0. The van der Waals surface area contributed by atoms with Gasteiger partial charge in [0.1, 0.15) is 11.5 Å². The first-order chi connectivity index (χ1) is 7.90. The van der Waals surface area contributed by atoms with E-state index in [1.54, 1.807) is 19.9 Å². The number of aliphatic hydroxyl groups is 1. The van der Waals surface area contributed by atoms with Crippen molar-refractivity contribution in [1.82, 2.24) is 5.32 Å². The second-order valence-corrected chi connectivity index (χ2v) is 4.82. The van der Waals surface area contributed by atoms with Crippen LogP contribution in [0.15, 0.2) is 10.5 Å². The molecule has 4 nitrogen and oxygen atoms in total. The summed E-state index contributed by atoms with van der Waals surface area (Å²) in [6, 6.07) is 1.71. The predicted octanol–water partition coefficient (Wildman–Crippen LogP) is 2.03. The van der Waals surface area contributed by atoms with Crippen LogP contribution >= 0.6 is 0 Å². The Bertz CT molecular complexity index is 382. The van der Waals surface area contributed by atoms with Crippen LogP contribution in [0.5, 0.6) is 0 Å². The molecule has 0 saturated carbocycles. The van der Waals surface area contributed by atoms with Crippen molar-refractivity contribution in [3.05, 3.63) is 23.2 Å². The van der Waals surface area contributed by atoms with E-state index in [1.165, 1.54) is 0 Å². The molecule has 2 N–H and O–H groups in total. The average Bonchev–Trinajstić information content (AvgIpc) is 2.53. The van der Waals surface area contributed by atoms with Crippen molar-refractivity contribution in [2.24, 2.45) is 5.92 Å². The Labute approximate surface area is 102 Å². The Morgan fingerprint density at radius 2 is 2.12 bits per heavy atom. The van der Waals surface area contributed by atoms with E-state index in [-0.39, 0.29) is 12.5 Å². The van der Waals surface area contributed by atoms with Crippen molar-refractivity contribution in [2.45, 2.75) is 40.2 Å². The van der Waals surface area contributed by atoms with Gasteiger partial charge in [-0.05, 0) is 32.3 Å². The predicted molar refractivity (Wildman–Crippen MR) is 66.0 cm³/mol. The van der Waals surface area contributed by atoms with Crippen molar-refractivity contribution in [3.8, 4) is 0 Å². The SMILES string of the molecule is Cc1cc(C(=O)NCC(O)CC(C)C)c(C)o1. The van der Waals surface area contributed by atoms with E-state index in [0.29, 0.717) is 23.7 Å². The minimum absolute atomic E-state index is 0.192. The molecule has 0 aliphatic rings. The Balaban J connectivity index is 2.47. The molecule has 1 heterocycles. The number of amides is 1. The lowest BCUT2D eigenvalue weighted by Gasteiger charge is -2.13. The van der Waals surface area contributed by atoms with Crippen molar-refractivity contribution < 1.29 is 14.3 Å². The molecule has 0 fully saturated rings. The summed E-state index contributed by atoms with van der Waals surface area (Å²) in [7, 11) is 0. The molecule has 96 valence electrons. The third-order valence-electron chi connectivity index (χ3n) is 2.53. The second-order valence-electron chi connectivity index (χ2n) is 4.82. The van der Waals surface area contributed by atoms with Crippen LogP contribution in [-0.2, 0) is 0 Å². The Kier molecular flexibility index (Phi) is 4.75. The van der Waals surface area contributed by atoms with Gasteiger partial charge in [-0.3, -0.25) is 4.79 Å². The fraction of sp³-hybridized carbons (Fsp3) is 0.615. The average molecular weight is 239 g/mol. The number of nitrogens with one attached hydrogen (secondary N) is 1. The highest BCUT2D eigenvalue weighted by Gasteiger charge is 2.14. The van der Waals surface area contributed by atoms with Gasteiger partial charge in [0.25, 0.3) is 5.91 Å². The Morgan fingerprint density at radius 3 is 2.59 bits per heavy atom. The van der Waals surface area contributed by atoms with Gasteiger partial charge in [-0.1, -0.05) is 13.8 Å². The lowest BCUT2D eigenvalue weighted by molar-refractivity contribution is 0.0899. The van der Waals surface area contributed by atoms with Gasteiger partial charge in [0.05, 0.1) is 11.7 Å². The van der Waals surface area contributed by atoms with Crippen LogP contribution in [0.2, 0.25) is 0 Å². The van der Waals surface area contributed by atoms with Gasteiger partial charge in [-0.2, -0.15) is 0 Å². The molecule has 0 aliphatic carbocycles. The topological polar surface area (TPSA) is 62.5 Å². The molecule has 0 saturated heterocycles. The van der Waals surface area contributed by atoms with Crippen LogP contribution in [0.1, 0.15) is 42.1 Å². The molecule has 17 heavy (non-hydrogen) atoms. The summed E-state index contributed by atoms with van der Waals surface area (Å²) in [5, 5.41) is 12.4. The molecule has 1 rings (SSSR count). The van der Waals surface area contributed by atoms with Crippen molar-refractivity contribution in [1.29, 1.82) is 0 Å². The maximum absolute atomic E-state index is 11.8. The molecule has 0 aliphatic heterocycles. The number of rotatable bonds is 5. The van der Waals surface area contributed by atoms with Gasteiger partial charge in [-0.15, -0.1) is 0 Å². The van der Waals surface area contributed by atoms with E-state index in [1.807, 2.05) is 13.8 Å².